The average Bonchev–Trinajstić information content (AvgIpc) is 2.74. The molecule has 2 atom stereocenters. The SMILES string of the molecule is NC(C(=O)O)C(O)Cc1ccc2c(c1)CCO2. The van der Waals surface area contributed by atoms with Gasteiger partial charge in [-0.1, -0.05) is 12.1 Å². The Kier molecular flexibility index (Phi) is 3.31. The zero-order valence-electron chi connectivity index (χ0n) is 9.30. The van der Waals surface area contributed by atoms with Gasteiger partial charge in [0, 0.05) is 12.8 Å². The first kappa shape index (κ1) is 11.9. The van der Waals surface area contributed by atoms with Crippen LogP contribution in [0.1, 0.15) is 11.1 Å². The van der Waals surface area contributed by atoms with E-state index < -0.39 is 18.1 Å². The highest BCUT2D eigenvalue weighted by molar-refractivity contribution is 5.73. The fraction of sp³-hybridized carbons (Fsp3) is 0.417. The van der Waals surface area contributed by atoms with Gasteiger partial charge in [-0.2, -0.15) is 0 Å². The zero-order valence-corrected chi connectivity index (χ0v) is 9.30. The summed E-state index contributed by atoms with van der Waals surface area (Å²) in [4.78, 5) is 10.6. The van der Waals surface area contributed by atoms with Crippen molar-refractivity contribution in [2.24, 2.45) is 5.73 Å². The van der Waals surface area contributed by atoms with Gasteiger partial charge in [-0.25, -0.2) is 0 Å². The van der Waals surface area contributed by atoms with Gasteiger partial charge in [-0.3, -0.25) is 4.79 Å². The van der Waals surface area contributed by atoms with Gasteiger partial charge in [-0.05, 0) is 17.2 Å². The summed E-state index contributed by atoms with van der Waals surface area (Å²) in [6.07, 6.45) is 0.0122. The van der Waals surface area contributed by atoms with Crippen LogP contribution in [0, 0.1) is 0 Å². The first-order valence-electron chi connectivity index (χ1n) is 5.49. The van der Waals surface area contributed by atoms with E-state index in [1.165, 1.54) is 0 Å². The van der Waals surface area contributed by atoms with Gasteiger partial charge < -0.3 is 20.7 Å². The summed E-state index contributed by atoms with van der Waals surface area (Å²) in [5.74, 6) is -0.326. The first-order chi connectivity index (χ1) is 8.08. The predicted molar refractivity (Wildman–Crippen MR) is 61.0 cm³/mol. The Morgan fingerprint density at radius 2 is 2.29 bits per heavy atom. The van der Waals surface area contributed by atoms with Gasteiger partial charge in [0.2, 0.25) is 0 Å². The number of hydrogen-bond donors (Lipinski definition) is 3. The van der Waals surface area contributed by atoms with E-state index in [-0.39, 0.29) is 6.42 Å². The van der Waals surface area contributed by atoms with Gasteiger partial charge in [0.25, 0.3) is 0 Å². The van der Waals surface area contributed by atoms with Crippen LogP contribution in [0.3, 0.4) is 0 Å². The van der Waals surface area contributed by atoms with E-state index in [2.05, 4.69) is 0 Å². The Morgan fingerprint density at radius 1 is 1.53 bits per heavy atom. The monoisotopic (exact) mass is 237 g/mol. The van der Waals surface area contributed by atoms with E-state index in [1.54, 1.807) is 0 Å². The highest BCUT2D eigenvalue weighted by Crippen LogP contribution is 2.26. The molecule has 0 fully saturated rings. The van der Waals surface area contributed by atoms with Crippen molar-refractivity contribution in [2.45, 2.75) is 25.0 Å². The molecular formula is C12H15NO4. The number of hydrogen-bond acceptors (Lipinski definition) is 4. The fourth-order valence-corrected chi connectivity index (χ4v) is 1.90. The van der Waals surface area contributed by atoms with Crippen LogP contribution in [0.2, 0.25) is 0 Å². The molecular weight excluding hydrogens is 222 g/mol. The molecule has 5 heteroatoms. The molecule has 1 heterocycles. The van der Waals surface area contributed by atoms with Crippen LogP contribution in [0.4, 0.5) is 0 Å². The van der Waals surface area contributed by atoms with Crippen LogP contribution < -0.4 is 10.5 Å². The van der Waals surface area contributed by atoms with Crippen molar-refractivity contribution in [3.05, 3.63) is 29.3 Å². The smallest absolute Gasteiger partial charge is 0.323 e. The number of ether oxygens (including phenoxy) is 1. The van der Waals surface area contributed by atoms with Crippen LogP contribution >= 0.6 is 0 Å². The highest BCUT2D eigenvalue weighted by Gasteiger charge is 2.22. The number of rotatable bonds is 4. The van der Waals surface area contributed by atoms with Gasteiger partial charge in [-0.15, -0.1) is 0 Å². The maximum Gasteiger partial charge on any atom is 0.323 e. The molecule has 2 unspecified atom stereocenters. The van der Waals surface area contributed by atoms with Crippen LogP contribution in [0.25, 0.3) is 0 Å². The van der Waals surface area contributed by atoms with Gasteiger partial charge >= 0.3 is 5.97 Å². The van der Waals surface area contributed by atoms with Gasteiger partial charge in [0.05, 0.1) is 12.7 Å². The molecule has 4 N–H and O–H groups in total. The molecule has 0 aliphatic carbocycles. The van der Waals surface area contributed by atoms with E-state index in [4.69, 9.17) is 15.6 Å². The average molecular weight is 237 g/mol. The maximum atomic E-state index is 10.6. The topological polar surface area (TPSA) is 92.8 Å². The maximum absolute atomic E-state index is 10.6. The number of fused-ring (bicyclic) bond motifs is 1. The Balaban J connectivity index is 2.06. The molecule has 0 radical (unpaired) electrons. The standard InChI is InChI=1S/C12H15NO4/c13-11(12(15)16)9(14)6-7-1-2-10-8(5-7)3-4-17-10/h1-2,5,9,11,14H,3-4,6,13H2,(H,15,16). The van der Waals surface area contributed by atoms with Gasteiger partial charge in [0.15, 0.2) is 0 Å². The number of aliphatic hydroxyl groups is 1. The molecule has 1 aromatic rings. The molecule has 0 amide bonds. The van der Waals surface area contributed by atoms with Gasteiger partial charge in [0.1, 0.15) is 11.8 Å². The summed E-state index contributed by atoms with van der Waals surface area (Å²) in [5.41, 5.74) is 7.32. The number of aliphatic carboxylic acids is 1. The van der Waals surface area contributed by atoms with Crippen molar-refractivity contribution in [3.8, 4) is 5.75 Å². The Labute approximate surface area is 98.8 Å². The lowest BCUT2D eigenvalue weighted by molar-refractivity contribution is -0.141. The lowest BCUT2D eigenvalue weighted by Crippen LogP contribution is -2.42. The molecule has 17 heavy (non-hydrogen) atoms. The van der Waals surface area contributed by atoms with Crippen LogP contribution in [-0.2, 0) is 17.6 Å². The molecule has 92 valence electrons. The van der Waals surface area contributed by atoms with Crippen molar-refractivity contribution < 1.29 is 19.7 Å². The summed E-state index contributed by atoms with van der Waals surface area (Å²) >= 11 is 0. The lowest BCUT2D eigenvalue weighted by Gasteiger charge is -2.15. The molecule has 0 bridgehead atoms. The zero-order chi connectivity index (χ0) is 12.4. The summed E-state index contributed by atoms with van der Waals surface area (Å²) < 4.78 is 5.36. The Morgan fingerprint density at radius 3 is 3.00 bits per heavy atom. The molecule has 1 aromatic carbocycles. The number of carboxylic acids is 1. The minimum Gasteiger partial charge on any atom is -0.493 e. The minimum atomic E-state index is -1.25. The number of carboxylic acid groups (broad SMARTS) is 1. The third-order valence-electron chi connectivity index (χ3n) is 2.90. The summed E-state index contributed by atoms with van der Waals surface area (Å²) in [6, 6.07) is 4.35. The van der Waals surface area contributed by atoms with Crippen molar-refractivity contribution in [1.82, 2.24) is 0 Å². The minimum absolute atomic E-state index is 0.237. The highest BCUT2D eigenvalue weighted by atomic mass is 16.5. The van der Waals surface area contributed by atoms with Crippen LogP contribution in [-0.4, -0.2) is 34.9 Å². The van der Waals surface area contributed by atoms with E-state index in [0.29, 0.717) is 6.61 Å². The number of carbonyl (C=O) groups is 1. The first-order valence-corrected chi connectivity index (χ1v) is 5.49. The fourth-order valence-electron chi connectivity index (χ4n) is 1.90. The normalized spacial score (nSPS) is 17.1. The second kappa shape index (κ2) is 4.73. The lowest BCUT2D eigenvalue weighted by atomic mass is 10.00. The Bertz CT molecular complexity index is 433. The van der Waals surface area contributed by atoms with Crippen molar-refractivity contribution in [2.75, 3.05) is 6.61 Å². The molecule has 1 aliphatic heterocycles. The molecule has 0 saturated heterocycles. The molecule has 0 spiro atoms. The number of aliphatic hydroxyl groups excluding tert-OH is 1. The van der Waals surface area contributed by atoms with E-state index in [1.807, 2.05) is 18.2 Å². The molecule has 1 aliphatic rings. The van der Waals surface area contributed by atoms with E-state index >= 15 is 0 Å². The van der Waals surface area contributed by atoms with Crippen molar-refractivity contribution in [3.63, 3.8) is 0 Å². The van der Waals surface area contributed by atoms with E-state index in [9.17, 15) is 9.90 Å². The summed E-state index contributed by atoms with van der Waals surface area (Å²) in [7, 11) is 0. The van der Waals surface area contributed by atoms with E-state index in [0.717, 1.165) is 23.3 Å². The third kappa shape index (κ3) is 2.57. The second-order valence-corrected chi connectivity index (χ2v) is 4.18. The summed E-state index contributed by atoms with van der Waals surface area (Å²) in [5, 5.41) is 18.3. The van der Waals surface area contributed by atoms with Crippen LogP contribution in [0.5, 0.6) is 5.75 Å². The molecule has 0 aromatic heterocycles. The molecule has 2 rings (SSSR count). The second-order valence-electron chi connectivity index (χ2n) is 4.18. The number of nitrogens with two attached hydrogens (primary N) is 1. The number of benzene rings is 1. The largest absolute Gasteiger partial charge is 0.493 e. The quantitative estimate of drug-likeness (QED) is 0.682. The molecule has 5 nitrogen and oxygen atoms in total. The van der Waals surface area contributed by atoms with Crippen molar-refractivity contribution >= 4 is 5.97 Å². The third-order valence-corrected chi connectivity index (χ3v) is 2.90. The summed E-state index contributed by atoms with van der Waals surface area (Å²) in [6.45, 7) is 0.677. The van der Waals surface area contributed by atoms with Crippen molar-refractivity contribution in [1.29, 1.82) is 0 Å². The molecule has 0 saturated carbocycles. The predicted octanol–water partition coefficient (Wildman–Crippen LogP) is -0.0632. The Hall–Kier alpha value is -1.59. The van der Waals surface area contributed by atoms with Crippen LogP contribution in [0.15, 0.2) is 18.2 Å².